The van der Waals surface area contributed by atoms with Gasteiger partial charge >= 0.3 is 6.09 Å². The predicted molar refractivity (Wildman–Crippen MR) is 60.6 cm³/mol. The number of primary amides is 1. The van der Waals surface area contributed by atoms with Crippen molar-refractivity contribution in [3.8, 4) is 0 Å². The van der Waals surface area contributed by atoms with Crippen molar-refractivity contribution in [3.63, 3.8) is 0 Å². The van der Waals surface area contributed by atoms with Gasteiger partial charge in [-0.15, -0.1) is 0 Å². The van der Waals surface area contributed by atoms with Gasteiger partial charge < -0.3 is 21.5 Å². The summed E-state index contributed by atoms with van der Waals surface area (Å²) in [5.41, 5.74) is 9.90. The molecule has 16 heavy (non-hydrogen) atoms. The Morgan fingerprint density at radius 3 is 2.38 bits per heavy atom. The topological polar surface area (TPSA) is 107 Å². The highest BCUT2D eigenvalue weighted by Gasteiger charge is 2.15. The van der Waals surface area contributed by atoms with Gasteiger partial charge in [-0.05, 0) is 33.6 Å². The summed E-state index contributed by atoms with van der Waals surface area (Å²) in [4.78, 5) is 21.8. The molecule has 0 aromatic carbocycles. The van der Waals surface area contributed by atoms with Crippen molar-refractivity contribution in [3.05, 3.63) is 0 Å². The monoisotopic (exact) mass is 231 g/mol. The summed E-state index contributed by atoms with van der Waals surface area (Å²) in [6.07, 6.45) is 0.564. The van der Waals surface area contributed by atoms with Crippen LogP contribution in [0.4, 0.5) is 4.79 Å². The zero-order valence-corrected chi connectivity index (χ0v) is 10.1. The van der Waals surface area contributed by atoms with Crippen LogP contribution in [-0.2, 0) is 9.53 Å². The summed E-state index contributed by atoms with van der Waals surface area (Å²) >= 11 is 0. The van der Waals surface area contributed by atoms with Crippen LogP contribution in [0.15, 0.2) is 0 Å². The molecule has 0 radical (unpaired) electrons. The molecule has 0 rings (SSSR count). The molecule has 94 valence electrons. The SMILES string of the molecule is CC(C)(C)OC(=O)NCCC[C@H](N)C(N)=O. The molecule has 6 heteroatoms. The second-order valence-corrected chi connectivity index (χ2v) is 4.58. The lowest BCUT2D eigenvalue weighted by atomic mass is 10.1. The van der Waals surface area contributed by atoms with E-state index in [1.165, 1.54) is 0 Å². The second kappa shape index (κ2) is 6.32. The van der Waals surface area contributed by atoms with Crippen molar-refractivity contribution < 1.29 is 14.3 Å². The van der Waals surface area contributed by atoms with E-state index >= 15 is 0 Å². The first-order chi connectivity index (χ1) is 7.22. The van der Waals surface area contributed by atoms with Gasteiger partial charge in [0.25, 0.3) is 0 Å². The van der Waals surface area contributed by atoms with Gasteiger partial charge in [-0.3, -0.25) is 4.79 Å². The van der Waals surface area contributed by atoms with Crippen LogP contribution in [0, 0.1) is 0 Å². The third kappa shape index (κ3) is 8.05. The van der Waals surface area contributed by atoms with E-state index in [-0.39, 0.29) is 0 Å². The van der Waals surface area contributed by atoms with Gasteiger partial charge in [0, 0.05) is 6.54 Å². The van der Waals surface area contributed by atoms with Gasteiger partial charge in [0.05, 0.1) is 6.04 Å². The molecule has 0 unspecified atom stereocenters. The number of carbonyl (C=O) groups is 2. The van der Waals surface area contributed by atoms with Crippen LogP contribution in [0.2, 0.25) is 0 Å². The molecular formula is C10H21N3O3. The highest BCUT2D eigenvalue weighted by molar-refractivity contribution is 5.79. The molecule has 0 aromatic heterocycles. The van der Waals surface area contributed by atoms with Crippen LogP contribution in [-0.4, -0.2) is 30.2 Å². The highest BCUT2D eigenvalue weighted by atomic mass is 16.6. The molecule has 0 spiro atoms. The molecule has 2 amide bonds. The van der Waals surface area contributed by atoms with Crippen molar-refractivity contribution in [2.75, 3.05) is 6.54 Å². The standard InChI is InChI=1S/C10H21N3O3/c1-10(2,3)16-9(15)13-6-4-5-7(11)8(12)14/h7H,4-6,11H2,1-3H3,(H2,12,14)(H,13,15)/t7-/m0/s1. The number of nitrogens with one attached hydrogen (secondary N) is 1. The lowest BCUT2D eigenvalue weighted by Gasteiger charge is -2.19. The molecule has 0 aliphatic heterocycles. The molecule has 0 fully saturated rings. The van der Waals surface area contributed by atoms with Crippen LogP contribution in [0.1, 0.15) is 33.6 Å². The summed E-state index contributed by atoms with van der Waals surface area (Å²) in [7, 11) is 0. The van der Waals surface area contributed by atoms with Crippen molar-refractivity contribution in [1.29, 1.82) is 0 Å². The zero-order valence-electron chi connectivity index (χ0n) is 10.1. The van der Waals surface area contributed by atoms with Crippen molar-refractivity contribution in [1.82, 2.24) is 5.32 Å². The first-order valence-electron chi connectivity index (χ1n) is 5.24. The van der Waals surface area contributed by atoms with E-state index in [0.717, 1.165) is 0 Å². The Labute approximate surface area is 95.7 Å². The number of carbonyl (C=O) groups excluding carboxylic acids is 2. The smallest absolute Gasteiger partial charge is 0.407 e. The Morgan fingerprint density at radius 1 is 1.38 bits per heavy atom. The van der Waals surface area contributed by atoms with Crippen LogP contribution < -0.4 is 16.8 Å². The maximum absolute atomic E-state index is 11.2. The van der Waals surface area contributed by atoms with E-state index in [1.54, 1.807) is 20.8 Å². The Morgan fingerprint density at radius 2 is 1.94 bits per heavy atom. The average Bonchev–Trinajstić information content (AvgIpc) is 2.08. The van der Waals surface area contributed by atoms with E-state index in [0.29, 0.717) is 19.4 Å². The number of rotatable bonds is 5. The molecular weight excluding hydrogens is 210 g/mol. The first kappa shape index (κ1) is 14.7. The average molecular weight is 231 g/mol. The van der Waals surface area contributed by atoms with Gasteiger partial charge in [0.15, 0.2) is 0 Å². The van der Waals surface area contributed by atoms with E-state index in [2.05, 4.69) is 5.32 Å². The first-order valence-corrected chi connectivity index (χ1v) is 5.24. The van der Waals surface area contributed by atoms with Crippen LogP contribution in [0.25, 0.3) is 0 Å². The molecule has 5 N–H and O–H groups in total. The molecule has 0 aromatic rings. The predicted octanol–water partition coefficient (Wildman–Crippen LogP) is 0.104. The maximum atomic E-state index is 11.2. The van der Waals surface area contributed by atoms with Gasteiger partial charge in [0.2, 0.25) is 5.91 Å². The highest BCUT2D eigenvalue weighted by Crippen LogP contribution is 2.06. The lowest BCUT2D eigenvalue weighted by molar-refractivity contribution is -0.119. The third-order valence-electron chi connectivity index (χ3n) is 1.73. The molecule has 0 heterocycles. The maximum Gasteiger partial charge on any atom is 0.407 e. The minimum absolute atomic E-state index is 0.413. The number of nitrogens with two attached hydrogens (primary N) is 2. The normalized spacial score (nSPS) is 13.0. The summed E-state index contributed by atoms with van der Waals surface area (Å²) in [6.45, 7) is 5.77. The summed E-state index contributed by atoms with van der Waals surface area (Å²) in [5.74, 6) is -0.530. The number of hydrogen-bond acceptors (Lipinski definition) is 4. The van der Waals surface area contributed by atoms with E-state index in [4.69, 9.17) is 16.2 Å². The van der Waals surface area contributed by atoms with Crippen LogP contribution in [0.3, 0.4) is 0 Å². The quantitative estimate of drug-likeness (QED) is 0.583. The number of alkyl carbamates (subject to hydrolysis) is 1. The minimum atomic E-state index is -0.652. The fourth-order valence-electron chi connectivity index (χ4n) is 0.969. The molecule has 0 saturated heterocycles. The van der Waals surface area contributed by atoms with E-state index < -0.39 is 23.6 Å². The minimum Gasteiger partial charge on any atom is -0.444 e. The Bertz CT molecular complexity index is 248. The Kier molecular flexibility index (Phi) is 5.81. The number of ether oxygens (including phenoxy) is 1. The van der Waals surface area contributed by atoms with Crippen molar-refractivity contribution in [2.24, 2.45) is 11.5 Å². The Hall–Kier alpha value is -1.30. The third-order valence-corrected chi connectivity index (χ3v) is 1.73. The largest absolute Gasteiger partial charge is 0.444 e. The molecule has 1 atom stereocenters. The lowest BCUT2D eigenvalue weighted by Crippen LogP contribution is -2.37. The van der Waals surface area contributed by atoms with Gasteiger partial charge in [0.1, 0.15) is 5.60 Å². The van der Waals surface area contributed by atoms with Gasteiger partial charge in [-0.25, -0.2) is 4.79 Å². The van der Waals surface area contributed by atoms with Crippen molar-refractivity contribution >= 4 is 12.0 Å². The van der Waals surface area contributed by atoms with E-state index in [1.807, 2.05) is 0 Å². The van der Waals surface area contributed by atoms with Crippen LogP contribution >= 0.6 is 0 Å². The van der Waals surface area contributed by atoms with Gasteiger partial charge in [-0.1, -0.05) is 0 Å². The summed E-state index contributed by atoms with van der Waals surface area (Å²) < 4.78 is 5.02. The van der Waals surface area contributed by atoms with Crippen molar-refractivity contribution in [2.45, 2.75) is 45.3 Å². The molecule has 0 saturated carbocycles. The molecule has 6 nitrogen and oxygen atoms in total. The number of hydrogen-bond donors (Lipinski definition) is 3. The molecule has 0 aliphatic rings. The molecule has 0 bridgehead atoms. The fourth-order valence-corrected chi connectivity index (χ4v) is 0.969. The van der Waals surface area contributed by atoms with E-state index in [9.17, 15) is 9.59 Å². The molecule has 0 aliphatic carbocycles. The fraction of sp³-hybridized carbons (Fsp3) is 0.800. The van der Waals surface area contributed by atoms with Gasteiger partial charge in [-0.2, -0.15) is 0 Å². The zero-order chi connectivity index (χ0) is 12.8. The number of amides is 2. The summed E-state index contributed by atoms with van der Waals surface area (Å²) in [5, 5.41) is 2.56. The summed E-state index contributed by atoms with van der Waals surface area (Å²) in [6, 6.07) is -0.652. The second-order valence-electron chi connectivity index (χ2n) is 4.58. The van der Waals surface area contributed by atoms with Crippen LogP contribution in [0.5, 0.6) is 0 Å². The Balaban J connectivity index is 3.60.